The first kappa shape index (κ1) is 62.4. The fraction of sp³-hybridized carbons (Fsp3) is 0.725. The van der Waals surface area contributed by atoms with Crippen LogP contribution in [0.25, 0.3) is 0 Å². The molecule has 438 valence electrons. The molecule has 0 spiro atoms. The fourth-order valence-corrected chi connectivity index (χ4v) is 10.5. The summed E-state index contributed by atoms with van der Waals surface area (Å²) in [5, 5.41) is 32.7. The Labute approximate surface area is 458 Å². The number of carbonyl (C=O) groups excluding carboxylic acids is 13. The molecule has 10 N–H and O–H groups in total. The van der Waals surface area contributed by atoms with Gasteiger partial charge in [-0.2, -0.15) is 0 Å². The highest BCUT2D eigenvalue weighted by Crippen LogP contribution is 2.24. The summed E-state index contributed by atoms with van der Waals surface area (Å²) in [7, 11) is 0. The molecule has 0 aromatic rings. The van der Waals surface area contributed by atoms with Crippen LogP contribution in [0.1, 0.15) is 120 Å². The third kappa shape index (κ3) is 15.7. The number of carbonyl (C=O) groups is 14. The molecule has 0 radical (unpaired) electrons. The number of nitrogens with one attached hydrogen (secondary N) is 9. The van der Waals surface area contributed by atoms with E-state index < -0.39 is 180 Å². The van der Waals surface area contributed by atoms with Crippen molar-refractivity contribution in [3.8, 4) is 0 Å². The van der Waals surface area contributed by atoms with Crippen molar-refractivity contribution in [3.63, 3.8) is 0 Å². The predicted octanol–water partition coefficient (Wildman–Crippen LogP) is -4.16. The summed E-state index contributed by atoms with van der Waals surface area (Å²) in [5.41, 5.74) is 0. The molecule has 13 amide bonds. The average Bonchev–Trinajstić information content (AvgIpc) is 4.25. The monoisotopic (exact) mass is 1110 g/mol. The van der Waals surface area contributed by atoms with Crippen molar-refractivity contribution in [3.05, 3.63) is 0 Å². The number of carboxylic acids is 1. The van der Waals surface area contributed by atoms with Gasteiger partial charge < -0.3 is 72.6 Å². The lowest BCUT2D eigenvalue weighted by atomic mass is 10.0. The first-order valence-corrected chi connectivity index (χ1v) is 27.3. The number of hydrogen-bond donors (Lipinski definition) is 10. The highest BCUT2D eigenvalue weighted by molar-refractivity contribution is 6.01. The quantitative estimate of drug-likeness (QED) is 0.128. The molecule has 0 unspecified atom stereocenters. The zero-order chi connectivity index (χ0) is 58.7. The van der Waals surface area contributed by atoms with E-state index in [0.29, 0.717) is 25.7 Å². The third-order valence-electron chi connectivity index (χ3n) is 15.0. The molecule has 0 aromatic carbocycles. The van der Waals surface area contributed by atoms with Gasteiger partial charge in [-0.05, 0) is 97.8 Å². The van der Waals surface area contributed by atoms with Gasteiger partial charge in [-0.25, -0.2) is 0 Å². The van der Waals surface area contributed by atoms with Crippen LogP contribution in [0.2, 0.25) is 0 Å². The zero-order valence-electron chi connectivity index (χ0n) is 46.4. The van der Waals surface area contributed by atoms with Crippen LogP contribution >= 0.6 is 0 Å². The van der Waals surface area contributed by atoms with Gasteiger partial charge in [0.15, 0.2) is 0 Å². The summed E-state index contributed by atoms with van der Waals surface area (Å²) < 4.78 is 0. The summed E-state index contributed by atoms with van der Waals surface area (Å²) in [6.07, 6.45) is 1.50. The van der Waals surface area contributed by atoms with Crippen molar-refractivity contribution in [1.29, 1.82) is 0 Å². The number of rotatable bonds is 4. The van der Waals surface area contributed by atoms with Gasteiger partial charge in [-0.1, -0.05) is 27.7 Å². The first-order chi connectivity index (χ1) is 37.1. The lowest BCUT2D eigenvalue weighted by molar-refractivity contribution is -0.144. The molecule has 12 atom stereocenters. The maximum Gasteiger partial charge on any atom is 0.305 e. The van der Waals surface area contributed by atoms with E-state index in [2.05, 4.69) is 47.9 Å². The molecule has 28 heteroatoms. The van der Waals surface area contributed by atoms with Crippen molar-refractivity contribution < 1.29 is 72.2 Å². The topological polar surface area (TPSA) is 380 Å². The van der Waals surface area contributed by atoms with Gasteiger partial charge in [0.25, 0.3) is 0 Å². The molecule has 5 saturated heterocycles. The maximum atomic E-state index is 14.2. The number of carboxylic acid groups (broad SMARTS) is 1. The van der Waals surface area contributed by atoms with E-state index in [4.69, 9.17) is 0 Å². The predicted molar refractivity (Wildman–Crippen MR) is 278 cm³/mol. The Kier molecular flexibility index (Phi) is 21.7. The summed E-state index contributed by atoms with van der Waals surface area (Å²) in [6, 6.07) is -14.7. The fourth-order valence-electron chi connectivity index (χ4n) is 10.5. The van der Waals surface area contributed by atoms with Gasteiger partial charge in [0.05, 0.1) is 13.0 Å². The average molecular weight is 1110 g/mol. The van der Waals surface area contributed by atoms with Crippen molar-refractivity contribution in [2.75, 3.05) is 32.7 Å². The number of nitrogens with zero attached hydrogens (tertiary/aromatic N) is 4. The second kappa shape index (κ2) is 27.4. The van der Waals surface area contributed by atoms with Gasteiger partial charge in [0.1, 0.15) is 72.5 Å². The van der Waals surface area contributed by atoms with Crippen LogP contribution in [-0.4, -0.2) is 213 Å². The third-order valence-corrected chi connectivity index (χ3v) is 15.0. The second-order valence-corrected chi connectivity index (χ2v) is 21.8. The molecule has 5 rings (SSSR count). The van der Waals surface area contributed by atoms with E-state index in [-0.39, 0.29) is 51.9 Å². The van der Waals surface area contributed by atoms with Crippen molar-refractivity contribution in [2.45, 2.75) is 193 Å². The largest absolute Gasteiger partial charge is 0.481 e. The van der Waals surface area contributed by atoms with Crippen LogP contribution in [0, 0.1) is 11.8 Å². The Hall–Kier alpha value is -7.42. The van der Waals surface area contributed by atoms with Gasteiger partial charge in [-0.15, -0.1) is 0 Å². The molecular weight excluding hydrogens is 1030 g/mol. The smallest absolute Gasteiger partial charge is 0.305 e. The molecule has 0 aromatic heterocycles. The van der Waals surface area contributed by atoms with Crippen LogP contribution in [0.4, 0.5) is 0 Å². The van der Waals surface area contributed by atoms with E-state index in [1.807, 2.05) is 0 Å². The normalized spacial score (nSPS) is 31.7. The SMILES string of the molecule is CC(C)[C@@H]1NC(=O)[C@@H]2CCCN2C(=O)[C@H](C(C)C)NC(=O)[C@H](C)NC(=O)[C@H]2CCCN2C(=O)CNC(=O)[C@H](C)NC(=O)[C@@H]2CCCN2C(=O)[C@H](C)NC(=O)[C@H](C)NC(=O)[C@@H]2CCCN2C(=O)[C@H](C)NC(=O)[C@H](CC(=O)O)NC1=O. The van der Waals surface area contributed by atoms with Gasteiger partial charge in [-0.3, -0.25) is 67.1 Å². The van der Waals surface area contributed by atoms with Crippen LogP contribution < -0.4 is 47.9 Å². The van der Waals surface area contributed by atoms with E-state index in [1.54, 1.807) is 27.7 Å². The van der Waals surface area contributed by atoms with Crippen molar-refractivity contribution in [2.24, 2.45) is 11.8 Å². The molecule has 5 aliphatic heterocycles. The number of hydrogen-bond acceptors (Lipinski definition) is 14. The zero-order valence-corrected chi connectivity index (χ0v) is 46.4. The van der Waals surface area contributed by atoms with Crippen LogP contribution in [-0.2, 0) is 67.1 Å². The lowest BCUT2D eigenvalue weighted by Gasteiger charge is -2.32. The number of aliphatic carboxylic acids is 1. The molecule has 5 heterocycles. The van der Waals surface area contributed by atoms with E-state index >= 15 is 0 Å². The minimum atomic E-state index is -1.76. The maximum absolute atomic E-state index is 14.2. The number of fused-ring (bicyclic) bond motifs is 4. The highest BCUT2D eigenvalue weighted by Gasteiger charge is 2.44. The minimum Gasteiger partial charge on any atom is -0.481 e. The Balaban J connectivity index is 1.37. The van der Waals surface area contributed by atoms with E-state index in [0.717, 1.165) is 0 Å². The Morgan fingerprint density at radius 3 is 1.19 bits per heavy atom. The molecule has 5 fully saturated rings. The Morgan fingerprint density at radius 2 is 0.759 bits per heavy atom. The summed E-state index contributed by atoms with van der Waals surface area (Å²) >= 11 is 0. The van der Waals surface area contributed by atoms with Crippen LogP contribution in [0.5, 0.6) is 0 Å². The summed E-state index contributed by atoms with van der Waals surface area (Å²) in [5.74, 6) is -12.3. The molecule has 5 aliphatic rings. The van der Waals surface area contributed by atoms with Crippen LogP contribution in [0.15, 0.2) is 0 Å². The van der Waals surface area contributed by atoms with Gasteiger partial charge in [0, 0.05) is 26.2 Å². The van der Waals surface area contributed by atoms with Gasteiger partial charge in [0.2, 0.25) is 76.8 Å². The summed E-state index contributed by atoms with van der Waals surface area (Å²) in [4.78, 5) is 195. The van der Waals surface area contributed by atoms with Crippen molar-refractivity contribution in [1.82, 2.24) is 67.5 Å². The molecule has 0 aliphatic carbocycles. The molecule has 0 saturated carbocycles. The standard InChI is InChI=1S/C51H79N13O15/c1-24(2)38-48(76)58-31(22-37(66)67)43(71)57-30(9)50(78)63-20-12-16-34(63)46(74)54-27(6)41(69)56-29(8)49(77)62-19-11-15-33(62)45(73)53-26(5)40(68)52-23-36(65)61-18-10-14-32(61)44(72)55-28(7)42(70)60-39(25(3)4)51(79)64-21-13-17-35(64)47(75)59-38/h24-35,38-39H,10-23H2,1-9H3,(H,52,68)(H,53,73)(H,54,74)(H,55,72)(H,56,69)(H,57,71)(H,58,76)(H,59,75)(H,60,70)(H,66,67)/t26-,27-,28-,29-,30-,31-,32+,33-,34-,35-,38-,39-/m0/s1. The van der Waals surface area contributed by atoms with E-state index in [9.17, 15) is 72.2 Å². The second-order valence-electron chi connectivity index (χ2n) is 21.8. The van der Waals surface area contributed by atoms with Crippen molar-refractivity contribution >= 4 is 82.8 Å². The molecule has 79 heavy (non-hydrogen) atoms. The molecular formula is C51H79N13O15. The Bertz CT molecular complexity index is 2400. The first-order valence-electron chi connectivity index (χ1n) is 27.3. The highest BCUT2D eigenvalue weighted by atomic mass is 16.4. The summed E-state index contributed by atoms with van der Waals surface area (Å²) in [6.45, 7) is 13.3. The Morgan fingerprint density at radius 1 is 0.418 bits per heavy atom. The molecule has 0 bridgehead atoms. The number of amides is 13. The minimum absolute atomic E-state index is 0.0801. The van der Waals surface area contributed by atoms with Gasteiger partial charge >= 0.3 is 5.97 Å². The van der Waals surface area contributed by atoms with E-state index in [1.165, 1.54) is 54.2 Å². The molecule has 28 nitrogen and oxygen atoms in total. The lowest BCUT2D eigenvalue weighted by Crippen LogP contribution is -2.61. The van der Waals surface area contributed by atoms with Crippen LogP contribution in [0.3, 0.4) is 0 Å².